The zero-order chi connectivity index (χ0) is 52.6. The summed E-state index contributed by atoms with van der Waals surface area (Å²) in [4.78, 5) is 113. The molecule has 6 aromatic carbocycles. The average molecular weight is 987 g/mol. The van der Waals surface area contributed by atoms with Gasteiger partial charge < -0.3 is 0 Å². The van der Waals surface area contributed by atoms with E-state index in [1.807, 2.05) is 65.8 Å². The van der Waals surface area contributed by atoms with E-state index in [2.05, 4.69) is 49.2 Å². The van der Waals surface area contributed by atoms with Crippen LogP contribution in [0.3, 0.4) is 0 Å². The van der Waals surface area contributed by atoms with E-state index in [1.165, 1.54) is 54.7 Å². The van der Waals surface area contributed by atoms with Crippen LogP contribution in [0.2, 0.25) is 0 Å². The Kier molecular flexibility index (Phi) is 12.7. The Morgan fingerprint density at radius 3 is 0.716 bits per heavy atom. The largest absolute Gasteiger partial charge is 0.288 e. The molecule has 0 spiro atoms. The summed E-state index contributed by atoms with van der Waals surface area (Å²) in [5.41, 5.74) is 8.70. The summed E-state index contributed by atoms with van der Waals surface area (Å²) in [6.07, 6.45) is 6.22. The van der Waals surface area contributed by atoms with Crippen LogP contribution >= 0.6 is 0 Å². The summed E-state index contributed by atoms with van der Waals surface area (Å²) in [6.45, 7) is 16.2. The van der Waals surface area contributed by atoms with E-state index in [0.717, 1.165) is 69.3 Å². The smallest absolute Gasteiger partial charge is 0.266 e. The Morgan fingerprint density at radius 1 is 0.270 bits per heavy atom. The molecule has 0 amide bonds. The van der Waals surface area contributed by atoms with Gasteiger partial charge in [-0.2, -0.15) is 0 Å². The van der Waals surface area contributed by atoms with Gasteiger partial charge in [0.2, 0.25) is 0 Å². The first-order valence-electron chi connectivity index (χ1n) is 26.1. The molecule has 0 unspecified atom stereocenters. The Labute approximate surface area is 425 Å². The number of nitrogens with one attached hydrogen (secondary N) is 1. The fourth-order valence-electron chi connectivity index (χ4n) is 11.6. The molecule has 0 radical (unpaired) electrons. The van der Waals surface area contributed by atoms with Crippen molar-refractivity contribution in [2.75, 3.05) is 0 Å². The summed E-state index contributed by atoms with van der Waals surface area (Å²) in [5.74, 6) is 0. The van der Waals surface area contributed by atoms with Crippen molar-refractivity contribution in [3.8, 4) is 17.1 Å². The van der Waals surface area contributed by atoms with Crippen LogP contribution in [0.5, 0.6) is 0 Å². The lowest BCUT2D eigenvalue weighted by Crippen LogP contribution is -2.27. The van der Waals surface area contributed by atoms with Crippen molar-refractivity contribution in [1.29, 1.82) is 0 Å². The molecule has 4 aromatic heterocycles. The zero-order valence-corrected chi connectivity index (χ0v) is 43.2. The fourth-order valence-corrected chi connectivity index (χ4v) is 11.6. The maximum atomic E-state index is 14.6. The third-order valence-electron chi connectivity index (χ3n) is 15.3. The standard InChI is InChI=1S/C62H58N4O8/c1-9-32-17-33(10-2)19-34(18-32)20-35-22-38(11-3)53(39(12-4)23-35)65-59(71)48-30-50-51(31-49(48)60(65)72)62(74)66(61(50)73)54-42(15-7)26-37(27-43(54)16-8)21-36-24-40(13-5)52(41(14-6)25-36)64-57(69)46-28-44-45(29-47(46)58(64)70)56(68)63-55(44)67/h17-19,22-31H,9-16,20-21H2,1-8H3,(H,63,67,68). The van der Waals surface area contributed by atoms with Crippen LogP contribution in [0.25, 0.3) is 60.2 Å². The van der Waals surface area contributed by atoms with Gasteiger partial charge >= 0.3 is 0 Å². The van der Waals surface area contributed by atoms with E-state index in [9.17, 15) is 38.4 Å². The fraction of sp³-hybridized carbons (Fsp3) is 0.290. The van der Waals surface area contributed by atoms with Gasteiger partial charge in [-0.05, 0) is 155 Å². The van der Waals surface area contributed by atoms with E-state index in [0.29, 0.717) is 62.0 Å². The van der Waals surface area contributed by atoms with Gasteiger partial charge in [0.15, 0.2) is 0 Å². The first-order chi connectivity index (χ1) is 35.6. The number of rotatable bonds is 15. The van der Waals surface area contributed by atoms with Crippen LogP contribution in [-0.2, 0) is 64.2 Å². The minimum Gasteiger partial charge on any atom is -0.288 e. The monoisotopic (exact) mass is 986 g/mol. The number of benzene rings is 6. The molecule has 74 heavy (non-hydrogen) atoms. The van der Waals surface area contributed by atoms with E-state index in [1.54, 1.807) is 0 Å². The molecule has 0 aliphatic carbocycles. The number of H-pyrrole nitrogens is 1. The predicted molar refractivity (Wildman–Crippen MR) is 297 cm³/mol. The number of aryl methyl sites for hydroxylation is 8. The van der Waals surface area contributed by atoms with Crippen molar-refractivity contribution in [1.82, 2.24) is 18.7 Å². The lowest BCUT2D eigenvalue weighted by molar-refractivity contribution is 0.910. The van der Waals surface area contributed by atoms with Gasteiger partial charge in [-0.3, -0.25) is 43.3 Å². The quantitative estimate of drug-likeness (QED) is 0.107. The Morgan fingerprint density at radius 2 is 0.486 bits per heavy atom. The van der Waals surface area contributed by atoms with Crippen LogP contribution in [0.15, 0.2) is 117 Å². The van der Waals surface area contributed by atoms with Crippen molar-refractivity contribution in [2.24, 2.45) is 0 Å². The second-order valence-corrected chi connectivity index (χ2v) is 19.6. The first-order valence-corrected chi connectivity index (χ1v) is 26.1. The minimum atomic E-state index is -0.608. The van der Waals surface area contributed by atoms with Gasteiger partial charge in [0, 0.05) is 0 Å². The second-order valence-electron chi connectivity index (χ2n) is 19.6. The molecule has 12 heteroatoms. The summed E-state index contributed by atoms with van der Waals surface area (Å²) in [5, 5.41) is 0.622. The highest BCUT2D eigenvalue weighted by molar-refractivity contribution is 5.99. The number of aromatic amines is 1. The molecule has 0 bridgehead atoms. The van der Waals surface area contributed by atoms with Crippen LogP contribution < -0.4 is 44.5 Å². The molecule has 4 heterocycles. The average Bonchev–Trinajstić information content (AvgIpc) is 4.02. The topological polar surface area (TPSA) is 167 Å². The molecule has 0 aliphatic heterocycles. The normalized spacial score (nSPS) is 11.9. The van der Waals surface area contributed by atoms with Crippen LogP contribution in [0.4, 0.5) is 0 Å². The summed E-state index contributed by atoms with van der Waals surface area (Å²) >= 11 is 0. The molecule has 0 aliphatic rings. The summed E-state index contributed by atoms with van der Waals surface area (Å²) in [7, 11) is 0. The molecule has 0 saturated carbocycles. The van der Waals surface area contributed by atoms with E-state index in [-0.39, 0.29) is 43.1 Å². The number of fused-ring (bicyclic) bond motifs is 4. The number of hydrogen-bond donors (Lipinski definition) is 1. The highest BCUT2D eigenvalue weighted by atomic mass is 16.2. The predicted octanol–water partition coefficient (Wildman–Crippen LogP) is 8.31. The molecule has 374 valence electrons. The molecule has 10 aromatic rings. The van der Waals surface area contributed by atoms with Crippen LogP contribution in [0.1, 0.15) is 122 Å². The number of aromatic nitrogens is 4. The Bertz CT molecular complexity index is 4180. The van der Waals surface area contributed by atoms with E-state index in [4.69, 9.17) is 0 Å². The molecule has 0 fully saturated rings. The Balaban J connectivity index is 1.03. The van der Waals surface area contributed by atoms with Crippen molar-refractivity contribution in [3.05, 3.63) is 228 Å². The SMILES string of the molecule is CCc1cc(CC)cc(Cc2cc(CC)c(-n3c(=O)c4cc5c(=O)n(-c6c(CC)cc(Cc7cc(CC)c(-n8c(=O)c9cc%10c(=O)[nH]c(=O)c%10cc9c8=O)c(CC)c7)cc6CC)c(=O)c5cc4c3=O)c(CC)c2)c1. The Hall–Kier alpha value is -8.12. The molecule has 12 nitrogen and oxygen atoms in total. The summed E-state index contributed by atoms with van der Waals surface area (Å²) in [6, 6.07) is 24.5. The summed E-state index contributed by atoms with van der Waals surface area (Å²) < 4.78 is 3.61. The van der Waals surface area contributed by atoms with Gasteiger partial charge in [0.25, 0.3) is 44.5 Å². The minimum absolute atomic E-state index is 0.0670. The third kappa shape index (κ3) is 7.81. The molecule has 0 saturated heterocycles. The van der Waals surface area contributed by atoms with Crippen LogP contribution in [-0.4, -0.2) is 18.7 Å². The zero-order valence-electron chi connectivity index (χ0n) is 43.2. The molecular weight excluding hydrogens is 929 g/mol. The number of nitrogens with zero attached hydrogens (tertiary/aromatic N) is 3. The van der Waals surface area contributed by atoms with Crippen molar-refractivity contribution >= 4 is 43.1 Å². The van der Waals surface area contributed by atoms with Crippen molar-refractivity contribution in [3.63, 3.8) is 0 Å². The molecule has 10 rings (SSSR count). The molecule has 0 atom stereocenters. The van der Waals surface area contributed by atoms with Gasteiger partial charge in [-0.1, -0.05) is 110 Å². The van der Waals surface area contributed by atoms with E-state index >= 15 is 0 Å². The second kappa shape index (κ2) is 19.1. The first kappa shape index (κ1) is 49.5. The third-order valence-corrected chi connectivity index (χ3v) is 15.3. The number of hydrogen-bond acceptors (Lipinski definition) is 8. The molecule has 1 N–H and O–H groups in total. The van der Waals surface area contributed by atoms with Gasteiger partial charge in [-0.25, -0.2) is 13.7 Å². The van der Waals surface area contributed by atoms with Gasteiger partial charge in [0.05, 0.1) is 60.2 Å². The maximum absolute atomic E-state index is 14.6. The lowest BCUT2D eigenvalue weighted by Gasteiger charge is -2.18. The van der Waals surface area contributed by atoms with Gasteiger partial charge in [-0.15, -0.1) is 0 Å². The van der Waals surface area contributed by atoms with Crippen molar-refractivity contribution < 1.29 is 0 Å². The van der Waals surface area contributed by atoms with Gasteiger partial charge in [0.1, 0.15) is 0 Å². The lowest BCUT2D eigenvalue weighted by atomic mass is 9.92. The van der Waals surface area contributed by atoms with E-state index < -0.39 is 44.5 Å². The highest BCUT2D eigenvalue weighted by Gasteiger charge is 2.27. The maximum Gasteiger partial charge on any atom is 0.266 e. The molecular formula is C62H58N4O8. The van der Waals surface area contributed by atoms with Crippen molar-refractivity contribution in [2.45, 2.75) is 120 Å². The van der Waals surface area contributed by atoms with Crippen LogP contribution in [0, 0.1) is 0 Å². The highest BCUT2D eigenvalue weighted by Crippen LogP contribution is 2.30.